The van der Waals surface area contributed by atoms with Crippen molar-refractivity contribution in [1.29, 1.82) is 0 Å². The molecular formula is C20H25N5OS2. The van der Waals surface area contributed by atoms with E-state index in [4.69, 9.17) is 0 Å². The first-order chi connectivity index (χ1) is 13.6. The van der Waals surface area contributed by atoms with E-state index in [1.54, 1.807) is 35.3 Å². The molecule has 0 atom stereocenters. The van der Waals surface area contributed by atoms with Crippen LogP contribution in [0.4, 0.5) is 0 Å². The van der Waals surface area contributed by atoms with E-state index in [1.165, 1.54) is 0 Å². The summed E-state index contributed by atoms with van der Waals surface area (Å²) in [6.07, 6.45) is 6.95. The van der Waals surface area contributed by atoms with E-state index in [-0.39, 0.29) is 5.91 Å². The molecular weight excluding hydrogens is 390 g/mol. The number of amides is 1. The number of carbonyl (C=O) groups excluding carboxylic acids is 1. The summed E-state index contributed by atoms with van der Waals surface area (Å²) in [7, 11) is 0. The number of para-hydroxylation sites is 1. The summed E-state index contributed by atoms with van der Waals surface area (Å²) >= 11 is 3.19. The lowest BCUT2D eigenvalue weighted by atomic mass is 10.2. The van der Waals surface area contributed by atoms with Crippen LogP contribution in [0.15, 0.2) is 35.5 Å². The van der Waals surface area contributed by atoms with Crippen LogP contribution in [0.1, 0.15) is 31.1 Å². The van der Waals surface area contributed by atoms with Gasteiger partial charge in [-0.05, 0) is 36.8 Å². The first-order valence-corrected chi connectivity index (χ1v) is 11.4. The third kappa shape index (κ3) is 5.42. The Labute approximate surface area is 173 Å². The largest absolute Gasteiger partial charge is 0.353 e. The predicted octanol–water partition coefficient (Wildman–Crippen LogP) is 4.03. The number of thiazole rings is 1. The molecule has 1 aromatic carbocycles. The van der Waals surface area contributed by atoms with Crippen molar-refractivity contribution in [3.05, 3.63) is 41.2 Å². The zero-order valence-electron chi connectivity index (χ0n) is 16.4. The average Bonchev–Trinajstić information content (AvgIpc) is 3.26. The normalized spacial score (nSPS) is 11.7. The highest BCUT2D eigenvalue weighted by molar-refractivity contribution is 7.98. The Morgan fingerprint density at radius 2 is 2.14 bits per heavy atom. The summed E-state index contributed by atoms with van der Waals surface area (Å²) in [4.78, 5) is 16.5. The molecule has 0 saturated heterocycles. The van der Waals surface area contributed by atoms with Gasteiger partial charge in [-0.3, -0.25) is 4.79 Å². The van der Waals surface area contributed by atoms with Gasteiger partial charge < -0.3 is 9.88 Å². The molecule has 2 heterocycles. The van der Waals surface area contributed by atoms with Gasteiger partial charge in [0.1, 0.15) is 10.8 Å². The van der Waals surface area contributed by atoms with Crippen molar-refractivity contribution >= 4 is 45.3 Å². The minimum atomic E-state index is -0.104. The SMILES string of the molecule is CSc1nnc(CCCNC(=O)/C=C/c2nc3ccccc3s2)n1CC(C)C. The van der Waals surface area contributed by atoms with Gasteiger partial charge in [-0.25, -0.2) is 4.98 Å². The molecule has 0 unspecified atom stereocenters. The first-order valence-electron chi connectivity index (χ1n) is 9.34. The molecule has 148 valence electrons. The van der Waals surface area contributed by atoms with Gasteiger partial charge in [0.15, 0.2) is 5.16 Å². The Morgan fingerprint density at radius 1 is 1.32 bits per heavy atom. The molecule has 8 heteroatoms. The van der Waals surface area contributed by atoms with Crippen LogP contribution in [-0.2, 0) is 17.8 Å². The van der Waals surface area contributed by atoms with Gasteiger partial charge in [0, 0.05) is 25.6 Å². The summed E-state index contributed by atoms with van der Waals surface area (Å²) in [5, 5.41) is 13.3. The molecule has 3 aromatic rings. The molecule has 1 amide bonds. The fourth-order valence-corrected chi connectivity index (χ4v) is 4.22. The van der Waals surface area contributed by atoms with Gasteiger partial charge in [0.2, 0.25) is 5.91 Å². The molecule has 0 spiro atoms. The summed E-state index contributed by atoms with van der Waals surface area (Å²) in [5.74, 6) is 1.41. The second-order valence-corrected chi connectivity index (χ2v) is 8.69. The standard InChI is InChI=1S/C20H25N5OS2/c1-14(2)13-25-17(23-24-20(25)27-3)9-6-12-21-18(26)10-11-19-22-15-7-4-5-8-16(15)28-19/h4-5,7-8,10-11,14H,6,9,12-13H2,1-3H3,(H,21,26)/b11-10+. The third-order valence-corrected chi connectivity index (χ3v) is 5.76. The number of fused-ring (bicyclic) bond motifs is 1. The highest BCUT2D eigenvalue weighted by Gasteiger charge is 2.12. The zero-order chi connectivity index (χ0) is 19.9. The van der Waals surface area contributed by atoms with Gasteiger partial charge in [-0.2, -0.15) is 0 Å². The number of thioether (sulfide) groups is 1. The van der Waals surface area contributed by atoms with Crippen LogP contribution in [0.2, 0.25) is 0 Å². The van der Waals surface area contributed by atoms with Crippen molar-refractivity contribution in [2.75, 3.05) is 12.8 Å². The number of nitrogens with one attached hydrogen (secondary N) is 1. The quantitative estimate of drug-likeness (QED) is 0.324. The molecule has 0 radical (unpaired) electrons. The molecule has 3 rings (SSSR count). The van der Waals surface area contributed by atoms with Crippen molar-refractivity contribution in [3.63, 3.8) is 0 Å². The number of aryl methyl sites for hydroxylation is 1. The summed E-state index contributed by atoms with van der Waals surface area (Å²) < 4.78 is 3.31. The number of nitrogens with zero attached hydrogens (tertiary/aromatic N) is 4. The zero-order valence-corrected chi connectivity index (χ0v) is 18.0. The third-order valence-electron chi connectivity index (χ3n) is 4.09. The van der Waals surface area contributed by atoms with Crippen LogP contribution < -0.4 is 5.32 Å². The Morgan fingerprint density at radius 3 is 2.89 bits per heavy atom. The van der Waals surface area contributed by atoms with Gasteiger partial charge in [0.25, 0.3) is 0 Å². The number of aromatic nitrogens is 4. The van der Waals surface area contributed by atoms with Crippen LogP contribution in [0, 0.1) is 5.92 Å². The maximum atomic E-state index is 12.0. The lowest BCUT2D eigenvalue weighted by Crippen LogP contribution is -2.23. The monoisotopic (exact) mass is 415 g/mol. The molecule has 0 saturated carbocycles. The molecule has 0 fully saturated rings. The van der Waals surface area contributed by atoms with Crippen molar-refractivity contribution < 1.29 is 4.79 Å². The van der Waals surface area contributed by atoms with E-state index in [2.05, 4.69) is 38.9 Å². The van der Waals surface area contributed by atoms with Gasteiger partial charge in [0.05, 0.1) is 10.2 Å². The Bertz CT molecular complexity index is 928. The first kappa shape index (κ1) is 20.5. The molecule has 0 aliphatic heterocycles. The number of rotatable bonds is 9. The summed E-state index contributed by atoms with van der Waals surface area (Å²) in [5.41, 5.74) is 0.961. The van der Waals surface area contributed by atoms with E-state index in [0.29, 0.717) is 12.5 Å². The Balaban J connectivity index is 1.47. The second kappa shape index (κ2) is 9.84. The van der Waals surface area contributed by atoms with E-state index < -0.39 is 0 Å². The maximum Gasteiger partial charge on any atom is 0.244 e. The van der Waals surface area contributed by atoms with E-state index in [1.807, 2.05) is 30.5 Å². The minimum Gasteiger partial charge on any atom is -0.353 e. The molecule has 0 aliphatic rings. The van der Waals surface area contributed by atoms with E-state index in [9.17, 15) is 4.79 Å². The predicted molar refractivity (Wildman–Crippen MR) is 117 cm³/mol. The molecule has 0 bridgehead atoms. The van der Waals surface area contributed by atoms with Gasteiger partial charge in [-0.15, -0.1) is 21.5 Å². The Kier molecular flexibility index (Phi) is 7.22. The van der Waals surface area contributed by atoms with Crippen molar-refractivity contribution in [3.8, 4) is 0 Å². The maximum absolute atomic E-state index is 12.0. The molecule has 1 N–H and O–H groups in total. The van der Waals surface area contributed by atoms with Crippen LogP contribution in [-0.4, -0.2) is 38.5 Å². The summed E-state index contributed by atoms with van der Waals surface area (Å²) in [6, 6.07) is 7.96. The van der Waals surface area contributed by atoms with Crippen molar-refractivity contribution in [2.45, 2.75) is 38.4 Å². The molecule has 0 aliphatic carbocycles. The number of carbonyl (C=O) groups is 1. The summed E-state index contributed by atoms with van der Waals surface area (Å²) in [6.45, 7) is 5.89. The van der Waals surface area contributed by atoms with E-state index in [0.717, 1.165) is 45.6 Å². The smallest absolute Gasteiger partial charge is 0.244 e. The minimum absolute atomic E-state index is 0.104. The molecule has 28 heavy (non-hydrogen) atoms. The van der Waals surface area contributed by atoms with Crippen molar-refractivity contribution in [2.24, 2.45) is 5.92 Å². The topological polar surface area (TPSA) is 72.7 Å². The number of hydrogen-bond acceptors (Lipinski definition) is 6. The van der Waals surface area contributed by atoms with Crippen molar-refractivity contribution in [1.82, 2.24) is 25.1 Å². The van der Waals surface area contributed by atoms with Crippen LogP contribution in [0.25, 0.3) is 16.3 Å². The fourth-order valence-electron chi connectivity index (χ4n) is 2.83. The van der Waals surface area contributed by atoms with Crippen LogP contribution in [0.5, 0.6) is 0 Å². The average molecular weight is 416 g/mol. The van der Waals surface area contributed by atoms with Gasteiger partial charge in [-0.1, -0.05) is 37.7 Å². The lowest BCUT2D eigenvalue weighted by Gasteiger charge is -2.11. The van der Waals surface area contributed by atoms with Crippen LogP contribution >= 0.6 is 23.1 Å². The number of hydrogen-bond donors (Lipinski definition) is 1. The fraction of sp³-hybridized carbons (Fsp3) is 0.400. The van der Waals surface area contributed by atoms with E-state index >= 15 is 0 Å². The lowest BCUT2D eigenvalue weighted by molar-refractivity contribution is -0.116. The Hall–Kier alpha value is -2.19. The molecule has 6 nitrogen and oxygen atoms in total. The highest BCUT2D eigenvalue weighted by Crippen LogP contribution is 2.22. The second-order valence-electron chi connectivity index (χ2n) is 6.86. The molecule has 2 aromatic heterocycles. The number of benzene rings is 1. The van der Waals surface area contributed by atoms with Gasteiger partial charge >= 0.3 is 0 Å². The van der Waals surface area contributed by atoms with Crippen LogP contribution in [0.3, 0.4) is 0 Å². The highest BCUT2D eigenvalue weighted by atomic mass is 32.2.